The van der Waals surface area contributed by atoms with E-state index in [0.717, 1.165) is 6.26 Å². The predicted octanol–water partition coefficient (Wildman–Crippen LogP) is -0.578. The van der Waals surface area contributed by atoms with Gasteiger partial charge in [-0.15, -0.1) is 5.10 Å². The molecule has 9 heteroatoms. The van der Waals surface area contributed by atoms with E-state index in [-0.39, 0.29) is 17.3 Å². The number of hydrogen-bond acceptors (Lipinski definition) is 6. The molecule has 2 N–H and O–H groups in total. The summed E-state index contributed by atoms with van der Waals surface area (Å²) in [4.78, 5) is 12.0. The van der Waals surface area contributed by atoms with Crippen LogP contribution in [0, 0.1) is 0 Å². The molecule has 0 fully saturated rings. The molecule has 0 saturated heterocycles. The van der Waals surface area contributed by atoms with E-state index in [1.165, 1.54) is 23.1 Å². The van der Waals surface area contributed by atoms with Crippen molar-refractivity contribution in [3.63, 3.8) is 0 Å². The van der Waals surface area contributed by atoms with Crippen molar-refractivity contribution in [3.05, 3.63) is 29.8 Å². The SMILES string of the molecule is CS(=O)(=O)c1ccc(Cn2ncc(C(N)=O)n2)o1. The van der Waals surface area contributed by atoms with Gasteiger partial charge in [0.2, 0.25) is 14.9 Å². The number of carbonyl (C=O) groups excluding carboxylic acids is 1. The van der Waals surface area contributed by atoms with Crippen LogP contribution in [0.4, 0.5) is 0 Å². The van der Waals surface area contributed by atoms with E-state index in [4.69, 9.17) is 10.2 Å². The summed E-state index contributed by atoms with van der Waals surface area (Å²) in [6.45, 7) is 0.114. The maximum Gasteiger partial charge on any atom is 0.270 e. The summed E-state index contributed by atoms with van der Waals surface area (Å²) in [6.07, 6.45) is 2.27. The standard InChI is InChI=1S/C9H10N4O4S/c1-18(15,16)8-3-2-6(17-8)5-13-11-4-7(12-13)9(10)14/h2-4H,5H2,1H3,(H2,10,14). The molecular formula is C9H10N4O4S. The van der Waals surface area contributed by atoms with Crippen LogP contribution in [0.1, 0.15) is 16.2 Å². The van der Waals surface area contributed by atoms with Gasteiger partial charge in [-0.2, -0.15) is 9.90 Å². The zero-order valence-corrected chi connectivity index (χ0v) is 10.2. The molecule has 2 heterocycles. The summed E-state index contributed by atoms with van der Waals surface area (Å²) in [7, 11) is -3.37. The Morgan fingerprint density at radius 2 is 2.22 bits per heavy atom. The number of hydrogen-bond donors (Lipinski definition) is 1. The highest BCUT2D eigenvalue weighted by atomic mass is 32.2. The number of furan rings is 1. The van der Waals surface area contributed by atoms with Gasteiger partial charge in [-0.25, -0.2) is 8.42 Å². The van der Waals surface area contributed by atoms with Gasteiger partial charge < -0.3 is 10.2 Å². The van der Waals surface area contributed by atoms with Gasteiger partial charge >= 0.3 is 0 Å². The third-order valence-electron chi connectivity index (χ3n) is 2.09. The molecule has 2 aromatic heterocycles. The van der Waals surface area contributed by atoms with E-state index in [2.05, 4.69) is 10.2 Å². The zero-order chi connectivity index (χ0) is 13.3. The zero-order valence-electron chi connectivity index (χ0n) is 9.40. The van der Waals surface area contributed by atoms with Crippen molar-refractivity contribution < 1.29 is 17.6 Å². The molecule has 0 aliphatic carbocycles. The minimum atomic E-state index is -3.37. The van der Waals surface area contributed by atoms with E-state index in [9.17, 15) is 13.2 Å². The quantitative estimate of drug-likeness (QED) is 0.793. The minimum Gasteiger partial charge on any atom is -0.448 e. The van der Waals surface area contributed by atoms with Gasteiger partial charge in [0.25, 0.3) is 5.91 Å². The highest BCUT2D eigenvalue weighted by Gasteiger charge is 2.13. The van der Waals surface area contributed by atoms with Crippen molar-refractivity contribution in [2.24, 2.45) is 5.73 Å². The van der Waals surface area contributed by atoms with Gasteiger partial charge in [0.15, 0.2) is 5.69 Å². The molecule has 18 heavy (non-hydrogen) atoms. The van der Waals surface area contributed by atoms with Crippen molar-refractivity contribution in [3.8, 4) is 0 Å². The lowest BCUT2D eigenvalue weighted by Crippen LogP contribution is -2.12. The van der Waals surface area contributed by atoms with E-state index in [0.29, 0.717) is 5.76 Å². The Bertz CT molecular complexity index is 685. The lowest BCUT2D eigenvalue weighted by molar-refractivity contribution is 0.0994. The second kappa shape index (κ2) is 4.26. The average molecular weight is 270 g/mol. The molecule has 0 aromatic carbocycles. The van der Waals surface area contributed by atoms with Crippen molar-refractivity contribution >= 4 is 15.7 Å². The Balaban J connectivity index is 2.19. The molecule has 0 atom stereocenters. The van der Waals surface area contributed by atoms with Gasteiger partial charge in [-0.3, -0.25) is 4.79 Å². The molecule has 0 bridgehead atoms. The number of nitrogens with two attached hydrogens (primary N) is 1. The van der Waals surface area contributed by atoms with Gasteiger partial charge in [-0.05, 0) is 12.1 Å². The Hall–Kier alpha value is -2.16. The van der Waals surface area contributed by atoms with Crippen molar-refractivity contribution in [1.29, 1.82) is 0 Å². The minimum absolute atomic E-state index is 0.0323. The molecule has 2 rings (SSSR count). The van der Waals surface area contributed by atoms with E-state index >= 15 is 0 Å². The molecule has 0 spiro atoms. The van der Waals surface area contributed by atoms with E-state index in [1.54, 1.807) is 0 Å². The maximum absolute atomic E-state index is 11.2. The van der Waals surface area contributed by atoms with Crippen molar-refractivity contribution in [1.82, 2.24) is 15.0 Å². The van der Waals surface area contributed by atoms with Gasteiger partial charge in [0.05, 0.1) is 6.20 Å². The first-order chi connectivity index (χ1) is 8.36. The fourth-order valence-corrected chi connectivity index (χ4v) is 1.84. The van der Waals surface area contributed by atoms with Crippen LogP contribution in [0.15, 0.2) is 27.8 Å². The number of rotatable bonds is 4. The smallest absolute Gasteiger partial charge is 0.270 e. The largest absolute Gasteiger partial charge is 0.448 e. The molecule has 0 unspecified atom stereocenters. The van der Waals surface area contributed by atoms with E-state index in [1.807, 2.05) is 0 Å². The molecule has 0 radical (unpaired) electrons. The monoisotopic (exact) mass is 270 g/mol. The summed E-state index contributed by atoms with van der Waals surface area (Å²) in [5.74, 6) is -0.320. The summed E-state index contributed by atoms with van der Waals surface area (Å²) in [6, 6.07) is 2.85. The number of amides is 1. The van der Waals surface area contributed by atoms with Crippen molar-refractivity contribution in [2.75, 3.05) is 6.26 Å². The maximum atomic E-state index is 11.2. The Labute approximate surface area is 102 Å². The van der Waals surface area contributed by atoms with Crippen LogP contribution in [0.5, 0.6) is 0 Å². The van der Waals surface area contributed by atoms with Crippen LogP contribution >= 0.6 is 0 Å². The first-order valence-corrected chi connectivity index (χ1v) is 6.74. The normalized spacial score (nSPS) is 11.6. The Morgan fingerprint density at radius 1 is 1.50 bits per heavy atom. The lowest BCUT2D eigenvalue weighted by atomic mass is 10.5. The first kappa shape index (κ1) is 12.3. The topological polar surface area (TPSA) is 121 Å². The van der Waals surface area contributed by atoms with Gasteiger partial charge in [0, 0.05) is 6.26 Å². The van der Waals surface area contributed by atoms with Crippen LogP contribution < -0.4 is 5.73 Å². The third kappa shape index (κ3) is 2.56. The molecule has 1 amide bonds. The third-order valence-corrected chi connectivity index (χ3v) is 3.04. The summed E-state index contributed by atoms with van der Waals surface area (Å²) >= 11 is 0. The van der Waals surface area contributed by atoms with Crippen LogP contribution in [0.25, 0.3) is 0 Å². The predicted molar refractivity (Wildman–Crippen MR) is 59.5 cm³/mol. The Kier molecular flexibility index (Phi) is 2.91. The summed E-state index contributed by atoms with van der Waals surface area (Å²) < 4.78 is 27.5. The van der Waals surface area contributed by atoms with Crippen LogP contribution in [0.3, 0.4) is 0 Å². The average Bonchev–Trinajstić information content (AvgIpc) is 2.85. The second-order valence-corrected chi connectivity index (χ2v) is 5.56. The number of nitrogens with zero attached hydrogens (tertiary/aromatic N) is 3. The van der Waals surface area contributed by atoms with Crippen molar-refractivity contribution in [2.45, 2.75) is 11.6 Å². The molecule has 0 aliphatic rings. The van der Waals surface area contributed by atoms with Gasteiger partial charge in [0.1, 0.15) is 12.3 Å². The van der Waals surface area contributed by atoms with Crippen LogP contribution in [-0.4, -0.2) is 35.6 Å². The van der Waals surface area contributed by atoms with E-state index < -0.39 is 15.7 Å². The molecular weight excluding hydrogens is 260 g/mol. The van der Waals surface area contributed by atoms with Crippen LogP contribution in [-0.2, 0) is 16.4 Å². The lowest BCUT2D eigenvalue weighted by Gasteiger charge is -1.95. The highest BCUT2D eigenvalue weighted by Crippen LogP contribution is 2.14. The molecule has 2 aromatic rings. The molecule has 8 nitrogen and oxygen atoms in total. The highest BCUT2D eigenvalue weighted by molar-refractivity contribution is 7.90. The fraction of sp³-hybridized carbons (Fsp3) is 0.222. The number of aromatic nitrogens is 3. The molecule has 96 valence electrons. The number of primary amides is 1. The summed E-state index contributed by atoms with van der Waals surface area (Å²) in [5.41, 5.74) is 5.06. The van der Waals surface area contributed by atoms with Crippen LogP contribution in [0.2, 0.25) is 0 Å². The summed E-state index contributed by atoms with van der Waals surface area (Å²) in [5, 5.41) is 7.47. The number of sulfone groups is 1. The number of carbonyl (C=O) groups is 1. The Morgan fingerprint density at radius 3 is 2.72 bits per heavy atom. The molecule has 0 saturated carbocycles. The van der Waals surface area contributed by atoms with Gasteiger partial charge in [-0.1, -0.05) is 0 Å². The second-order valence-electron chi connectivity index (χ2n) is 3.62. The first-order valence-electron chi connectivity index (χ1n) is 4.85. The fourth-order valence-electron chi connectivity index (χ4n) is 1.27. The molecule has 0 aliphatic heterocycles.